The topological polar surface area (TPSA) is 106 Å². The van der Waals surface area contributed by atoms with Crippen molar-refractivity contribution < 1.29 is 24.2 Å². The summed E-state index contributed by atoms with van der Waals surface area (Å²) in [5, 5.41) is 12.7. The van der Waals surface area contributed by atoms with E-state index in [0.717, 1.165) is 6.07 Å². The van der Waals surface area contributed by atoms with Crippen LogP contribution in [0.4, 0.5) is 5.69 Å². The molecule has 2 aliphatic rings. The van der Waals surface area contributed by atoms with Crippen LogP contribution in [0, 0.1) is 4.91 Å². The number of rotatable bonds is 1. The van der Waals surface area contributed by atoms with Crippen molar-refractivity contribution in [2.24, 2.45) is 5.18 Å². The summed E-state index contributed by atoms with van der Waals surface area (Å²) in [6, 6.07) is 0.978. The second-order valence-corrected chi connectivity index (χ2v) is 6.53. The van der Waals surface area contributed by atoms with Crippen LogP contribution in [0.1, 0.15) is 29.3 Å². The molecule has 1 fully saturated rings. The monoisotopic (exact) mass is 377 g/mol. The number of halogens is 1. The van der Waals surface area contributed by atoms with Crippen LogP contribution < -0.4 is 0 Å². The van der Waals surface area contributed by atoms with Gasteiger partial charge in [0.15, 0.2) is 5.78 Å². The fraction of sp³-hybridized carbons (Fsp3) is 0.333. The molecule has 1 aromatic carbocycles. The van der Waals surface area contributed by atoms with Gasteiger partial charge in [0.2, 0.25) is 0 Å². The number of ether oxygens (including phenoxy) is 2. The van der Waals surface area contributed by atoms with Gasteiger partial charge < -0.3 is 14.6 Å². The number of carbonyl (C=O) groups excluding carboxylic acids is 2. The van der Waals surface area contributed by atoms with Gasteiger partial charge in [0.25, 0.3) is 0 Å². The first-order valence-electron chi connectivity index (χ1n) is 8.02. The van der Waals surface area contributed by atoms with Gasteiger partial charge in [-0.2, -0.15) is 0 Å². The molecule has 26 heavy (non-hydrogen) atoms. The number of benzene rings is 1. The molecule has 0 aliphatic carbocycles. The number of cyclic esters (lactones) is 1. The standard InChI is InChI=1S/C18H16ClNO6/c1-9-6-15-14(26-15)5-3-2-4-10(21)7-11-16(18(23)25-9)13(22)8-12(20-24)17(11)19/h2-5,8-9,14-15,22H,6-7H2,1H3/b4-2+,5-3-/t9-,14-,15-/m1/s1. The van der Waals surface area contributed by atoms with Gasteiger partial charge in [-0.1, -0.05) is 29.8 Å². The van der Waals surface area contributed by atoms with E-state index < -0.39 is 17.8 Å². The highest BCUT2D eigenvalue weighted by Gasteiger charge is 2.38. The third-order valence-corrected chi connectivity index (χ3v) is 4.58. The van der Waals surface area contributed by atoms with E-state index in [1.165, 1.54) is 6.08 Å². The summed E-state index contributed by atoms with van der Waals surface area (Å²) in [5.74, 6) is -1.71. The predicted octanol–water partition coefficient (Wildman–Crippen LogP) is 3.38. The van der Waals surface area contributed by atoms with E-state index in [9.17, 15) is 19.6 Å². The van der Waals surface area contributed by atoms with Crippen LogP contribution in [0.15, 0.2) is 35.5 Å². The normalized spacial score (nSPS) is 28.2. The number of nitroso groups, excluding NO2 is 1. The Labute approximate surface area is 154 Å². The molecule has 0 amide bonds. The molecule has 0 saturated carbocycles. The Hall–Kier alpha value is -2.51. The number of allylic oxidation sites excluding steroid dienone is 3. The summed E-state index contributed by atoms with van der Waals surface area (Å²) in [7, 11) is 0. The van der Waals surface area contributed by atoms with E-state index in [2.05, 4.69) is 5.18 Å². The number of carbonyl (C=O) groups is 2. The lowest BCUT2D eigenvalue weighted by molar-refractivity contribution is -0.114. The number of esters is 1. The number of epoxide rings is 1. The van der Waals surface area contributed by atoms with E-state index in [-0.39, 0.29) is 46.2 Å². The zero-order valence-electron chi connectivity index (χ0n) is 13.8. The molecule has 0 bridgehead atoms. The van der Waals surface area contributed by atoms with Crippen molar-refractivity contribution in [3.63, 3.8) is 0 Å². The number of phenols is 1. The van der Waals surface area contributed by atoms with Gasteiger partial charge in [0.1, 0.15) is 29.2 Å². The molecular weight excluding hydrogens is 362 g/mol. The quantitative estimate of drug-likeness (QED) is 0.457. The van der Waals surface area contributed by atoms with E-state index in [0.29, 0.717) is 6.42 Å². The van der Waals surface area contributed by atoms with Crippen LogP contribution in [-0.4, -0.2) is 35.2 Å². The van der Waals surface area contributed by atoms with Gasteiger partial charge in [-0.15, -0.1) is 4.91 Å². The largest absolute Gasteiger partial charge is 0.507 e. The van der Waals surface area contributed by atoms with Crippen molar-refractivity contribution in [3.8, 4) is 5.75 Å². The molecule has 7 nitrogen and oxygen atoms in total. The third kappa shape index (κ3) is 3.84. The van der Waals surface area contributed by atoms with E-state index >= 15 is 0 Å². The molecular formula is C18H16ClNO6. The first-order valence-corrected chi connectivity index (χ1v) is 8.40. The summed E-state index contributed by atoms with van der Waals surface area (Å²) < 4.78 is 10.8. The Kier molecular flexibility index (Phi) is 5.20. The molecule has 1 aromatic rings. The lowest BCUT2D eigenvalue weighted by atomic mass is 9.99. The molecule has 2 heterocycles. The van der Waals surface area contributed by atoms with Crippen molar-refractivity contribution in [1.29, 1.82) is 0 Å². The SMILES string of the molecule is C[C@@H]1C[C@H]2O[C@@H]2/C=C\C=C\C(=O)Cc2c(Cl)c(N=O)cc(O)c2C(=O)O1. The van der Waals surface area contributed by atoms with Crippen molar-refractivity contribution in [2.45, 2.75) is 38.1 Å². The Morgan fingerprint density at radius 2 is 2.08 bits per heavy atom. The first kappa shape index (κ1) is 18.3. The van der Waals surface area contributed by atoms with Crippen LogP contribution >= 0.6 is 11.6 Å². The van der Waals surface area contributed by atoms with Crippen molar-refractivity contribution >= 4 is 29.0 Å². The van der Waals surface area contributed by atoms with Crippen LogP contribution in [0.2, 0.25) is 5.02 Å². The van der Waals surface area contributed by atoms with Gasteiger partial charge in [0, 0.05) is 18.9 Å². The predicted molar refractivity (Wildman–Crippen MR) is 93.7 cm³/mol. The summed E-state index contributed by atoms with van der Waals surface area (Å²) in [6.45, 7) is 1.71. The molecule has 136 valence electrons. The maximum Gasteiger partial charge on any atom is 0.342 e. The van der Waals surface area contributed by atoms with Crippen molar-refractivity contribution in [1.82, 2.24) is 0 Å². The van der Waals surface area contributed by atoms with Crippen LogP contribution in [0.25, 0.3) is 0 Å². The summed E-state index contributed by atoms with van der Waals surface area (Å²) in [5.41, 5.74) is -0.484. The minimum Gasteiger partial charge on any atom is -0.507 e. The molecule has 8 heteroatoms. The fourth-order valence-corrected chi connectivity index (χ4v) is 3.10. The highest BCUT2D eigenvalue weighted by Crippen LogP contribution is 2.38. The molecule has 1 saturated heterocycles. The number of ketones is 1. The minimum absolute atomic E-state index is 0.00899. The molecule has 0 aromatic heterocycles. The Bertz CT molecular complexity index is 831. The molecule has 0 radical (unpaired) electrons. The number of hydrogen-bond donors (Lipinski definition) is 1. The average Bonchev–Trinajstić information content (AvgIpc) is 3.31. The van der Waals surface area contributed by atoms with Crippen molar-refractivity contribution in [3.05, 3.63) is 51.4 Å². The third-order valence-electron chi connectivity index (χ3n) is 4.16. The van der Waals surface area contributed by atoms with Crippen LogP contribution in [0.3, 0.4) is 0 Å². The smallest absolute Gasteiger partial charge is 0.342 e. The fourth-order valence-electron chi connectivity index (χ4n) is 2.85. The van der Waals surface area contributed by atoms with Gasteiger partial charge in [-0.3, -0.25) is 4.79 Å². The molecule has 3 atom stereocenters. The second kappa shape index (κ2) is 7.39. The molecule has 3 rings (SSSR count). The van der Waals surface area contributed by atoms with Gasteiger partial charge in [-0.25, -0.2) is 4.79 Å². The number of fused-ring (bicyclic) bond motifs is 2. The first-order chi connectivity index (χ1) is 12.4. The second-order valence-electron chi connectivity index (χ2n) is 6.15. The molecule has 1 N–H and O–H groups in total. The number of hydrogen-bond acceptors (Lipinski definition) is 7. The van der Waals surface area contributed by atoms with Crippen LogP contribution in [-0.2, 0) is 20.7 Å². The number of aromatic hydroxyl groups is 1. The molecule has 0 spiro atoms. The number of phenolic OH excluding ortho intramolecular Hbond substituents is 1. The Morgan fingerprint density at radius 1 is 1.31 bits per heavy atom. The molecule has 2 aliphatic heterocycles. The maximum atomic E-state index is 12.6. The lowest BCUT2D eigenvalue weighted by Gasteiger charge is -2.16. The lowest BCUT2D eigenvalue weighted by Crippen LogP contribution is -2.19. The zero-order valence-corrected chi connectivity index (χ0v) is 14.6. The van der Waals surface area contributed by atoms with Crippen molar-refractivity contribution in [2.75, 3.05) is 0 Å². The molecule has 0 unspecified atom stereocenters. The maximum absolute atomic E-state index is 12.6. The number of nitrogens with zero attached hydrogens (tertiary/aromatic N) is 1. The zero-order chi connectivity index (χ0) is 18.8. The summed E-state index contributed by atoms with van der Waals surface area (Å²) in [4.78, 5) is 35.6. The summed E-state index contributed by atoms with van der Waals surface area (Å²) >= 11 is 6.12. The van der Waals surface area contributed by atoms with Gasteiger partial charge >= 0.3 is 5.97 Å². The summed E-state index contributed by atoms with van der Waals surface area (Å²) in [6.07, 6.45) is 5.97. The average molecular weight is 378 g/mol. The highest BCUT2D eigenvalue weighted by molar-refractivity contribution is 6.34. The Balaban J connectivity index is 2.04. The minimum atomic E-state index is -0.828. The van der Waals surface area contributed by atoms with E-state index in [1.54, 1.807) is 19.1 Å². The highest BCUT2D eigenvalue weighted by atomic mass is 35.5. The Morgan fingerprint density at radius 3 is 2.81 bits per heavy atom. The van der Waals surface area contributed by atoms with E-state index in [4.69, 9.17) is 21.1 Å². The van der Waals surface area contributed by atoms with Gasteiger partial charge in [0.05, 0.1) is 11.1 Å². The van der Waals surface area contributed by atoms with Gasteiger partial charge in [-0.05, 0) is 23.7 Å². The van der Waals surface area contributed by atoms with E-state index in [1.807, 2.05) is 6.08 Å². The van der Waals surface area contributed by atoms with Crippen LogP contribution in [0.5, 0.6) is 5.75 Å².